The number of nitrogens with one attached hydrogen (secondary N) is 2. The molecule has 9 nitrogen and oxygen atoms in total. The smallest absolute Gasteiger partial charge is 0.475 e. The van der Waals surface area contributed by atoms with Crippen molar-refractivity contribution in [3.63, 3.8) is 0 Å². The normalized spacial score (nSPS) is 13.8. The molecule has 1 fully saturated rings. The van der Waals surface area contributed by atoms with Crippen molar-refractivity contribution in [1.82, 2.24) is 10.2 Å². The fraction of sp³-hybridized carbons (Fsp3) is 0.462. The van der Waals surface area contributed by atoms with E-state index in [2.05, 4.69) is 14.9 Å². The van der Waals surface area contributed by atoms with Crippen LogP contribution in [0.25, 0.3) is 0 Å². The fourth-order valence-corrected chi connectivity index (χ4v) is 5.43. The van der Waals surface area contributed by atoms with Crippen LogP contribution >= 0.6 is 0 Å². The van der Waals surface area contributed by atoms with Crippen molar-refractivity contribution in [3.05, 3.63) is 52.6 Å². The number of carbonyl (C=O) groups is 2. The van der Waals surface area contributed by atoms with Crippen LogP contribution in [-0.2, 0) is 14.8 Å². The molecule has 1 saturated heterocycles. The maximum Gasteiger partial charge on any atom is 0.490 e. The van der Waals surface area contributed by atoms with Crippen molar-refractivity contribution in [3.8, 4) is 0 Å². The second-order valence-corrected chi connectivity index (χ2v) is 10.7. The number of hydrogen-bond acceptors (Lipinski definition) is 6. The molecule has 1 amide bonds. The van der Waals surface area contributed by atoms with Gasteiger partial charge >= 0.3 is 12.1 Å². The van der Waals surface area contributed by atoms with Crippen LogP contribution in [0.4, 0.5) is 24.5 Å². The molecule has 2 aromatic rings. The van der Waals surface area contributed by atoms with Crippen LogP contribution in [0.15, 0.2) is 35.2 Å². The number of anilines is 2. The molecule has 1 heterocycles. The Bertz CT molecular complexity index is 1290. The van der Waals surface area contributed by atoms with E-state index in [0.29, 0.717) is 29.9 Å². The second-order valence-electron chi connectivity index (χ2n) is 9.06. The number of aliphatic carboxylic acids is 1. The van der Waals surface area contributed by atoms with Gasteiger partial charge in [0.05, 0.1) is 16.3 Å². The zero-order valence-corrected chi connectivity index (χ0v) is 23.5. The third kappa shape index (κ3) is 8.33. The fourth-order valence-electron chi connectivity index (χ4n) is 4.05. The van der Waals surface area contributed by atoms with Gasteiger partial charge in [-0.2, -0.15) is 13.2 Å². The number of carboxylic acid groups (broad SMARTS) is 1. The molecular formula is C26H35F3N4O5S. The van der Waals surface area contributed by atoms with Crippen LogP contribution in [0.5, 0.6) is 0 Å². The minimum atomic E-state index is -5.08. The molecule has 3 rings (SSSR count). The highest BCUT2D eigenvalue weighted by atomic mass is 32.2. The first-order valence-electron chi connectivity index (χ1n) is 12.4. The molecule has 1 aliphatic heterocycles. The van der Waals surface area contributed by atoms with Crippen LogP contribution in [0, 0.1) is 20.8 Å². The molecule has 0 aromatic heterocycles. The van der Waals surface area contributed by atoms with Gasteiger partial charge in [0.2, 0.25) is 0 Å². The van der Waals surface area contributed by atoms with E-state index in [1.54, 1.807) is 30.0 Å². The van der Waals surface area contributed by atoms with Gasteiger partial charge in [0, 0.05) is 44.8 Å². The first-order chi connectivity index (χ1) is 18.1. The maximum absolute atomic E-state index is 13.4. The number of nitrogens with zero attached hydrogens (tertiary/aromatic N) is 2. The molecular weight excluding hydrogens is 537 g/mol. The third-order valence-electron chi connectivity index (χ3n) is 6.32. The number of piperazine rings is 1. The monoisotopic (exact) mass is 572 g/mol. The average Bonchev–Trinajstić information content (AvgIpc) is 2.87. The van der Waals surface area contributed by atoms with Gasteiger partial charge in [0.25, 0.3) is 15.9 Å². The summed E-state index contributed by atoms with van der Waals surface area (Å²) in [7, 11) is -3.84. The summed E-state index contributed by atoms with van der Waals surface area (Å²) in [5, 5.41) is 10.4. The molecule has 0 saturated carbocycles. The number of alkyl halides is 3. The van der Waals surface area contributed by atoms with Crippen molar-refractivity contribution in [1.29, 1.82) is 0 Å². The van der Waals surface area contributed by atoms with Crippen LogP contribution in [0.3, 0.4) is 0 Å². The summed E-state index contributed by atoms with van der Waals surface area (Å²) >= 11 is 0. The zero-order chi connectivity index (χ0) is 29.5. The van der Waals surface area contributed by atoms with Gasteiger partial charge in [-0.3, -0.25) is 9.52 Å². The Kier molecular flexibility index (Phi) is 10.8. The predicted molar refractivity (Wildman–Crippen MR) is 144 cm³/mol. The van der Waals surface area contributed by atoms with E-state index in [0.717, 1.165) is 43.0 Å². The molecule has 0 unspecified atom stereocenters. The van der Waals surface area contributed by atoms with Gasteiger partial charge in [-0.15, -0.1) is 0 Å². The van der Waals surface area contributed by atoms with Gasteiger partial charge < -0.3 is 20.2 Å². The number of carbonyl (C=O) groups excluding carboxylic acids is 1. The molecule has 1 aliphatic rings. The first kappa shape index (κ1) is 31.9. The molecule has 0 atom stereocenters. The predicted octanol–water partition coefficient (Wildman–Crippen LogP) is 3.94. The molecule has 39 heavy (non-hydrogen) atoms. The molecule has 3 N–H and O–H groups in total. The Morgan fingerprint density at radius 3 is 2.05 bits per heavy atom. The third-order valence-corrected chi connectivity index (χ3v) is 7.83. The number of aryl methyl sites for hydroxylation is 3. The molecule has 13 heteroatoms. The highest BCUT2D eigenvalue weighted by molar-refractivity contribution is 7.92. The summed E-state index contributed by atoms with van der Waals surface area (Å²) in [6, 6.07) is 8.92. The summed E-state index contributed by atoms with van der Waals surface area (Å²) in [4.78, 5) is 26.0. The number of halogens is 3. The SMILES string of the molecule is CCN(CC)C(=O)c1ccc(N2CCNCC2)c(NS(=O)(=O)c2cc(C)c(C)cc2C)c1.O=C(O)C(F)(F)F. The molecule has 0 spiro atoms. The Hall–Kier alpha value is -3.32. The number of benzene rings is 2. The number of amides is 1. The lowest BCUT2D eigenvalue weighted by molar-refractivity contribution is -0.192. The van der Waals surface area contributed by atoms with Crippen molar-refractivity contribution in [2.24, 2.45) is 0 Å². The van der Waals surface area contributed by atoms with Crippen molar-refractivity contribution in [2.75, 3.05) is 48.9 Å². The zero-order valence-electron chi connectivity index (χ0n) is 22.6. The summed E-state index contributed by atoms with van der Waals surface area (Å²) in [5.74, 6) is -2.86. The van der Waals surface area contributed by atoms with Crippen molar-refractivity contribution < 1.29 is 36.3 Å². The standard InChI is InChI=1S/C24H34N4O3S.C2HF3O2/c1-6-27(7-2)24(29)20-8-9-22(28-12-10-25-11-13-28)21(16-20)26-32(30,31)23-15-18(4)17(3)14-19(23)5;3-2(4,5)1(6)7/h8-9,14-16,25-26H,6-7,10-13H2,1-5H3;(H,6,7). The summed E-state index contributed by atoms with van der Waals surface area (Å²) in [5.41, 5.74) is 4.36. The number of hydrogen-bond donors (Lipinski definition) is 3. The Balaban J connectivity index is 0.000000673. The van der Waals surface area contributed by atoms with Crippen molar-refractivity contribution in [2.45, 2.75) is 45.7 Å². The average molecular weight is 573 g/mol. The molecule has 0 aliphatic carbocycles. The van der Waals surface area contributed by atoms with Crippen LogP contribution in [-0.4, -0.2) is 75.7 Å². The molecule has 2 aromatic carbocycles. The van der Waals surface area contributed by atoms with E-state index in [4.69, 9.17) is 9.90 Å². The van der Waals surface area contributed by atoms with Crippen LogP contribution in [0.2, 0.25) is 0 Å². The summed E-state index contributed by atoms with van der Waals surface area (Å²) < 4.78 is 61.4. The topological polar surface area (TPSA) is 119 Å². The highest BCUT2D eigenvalue weighted by Gasteiger charge is 2.38. The number of rotatable bonds is 7. The Morgan fingerprint density at radius 1 is 1.00 bits per heavy atom. The van der Waals surface area contributed by atoms with E-state index in [9.17, 15) is 26.4 Å². The molecule has 0 bridgehead atoms. The van der Waals surface area contributed by atoms with Crippen molar-refractivity contribution >= 4 is 33.3 Å². The Morgan fingerprint density at radius 2 is 1.54 bits per heavy atom. The van der Waals surface area contributed by atoms with Gasteiger partial charge in [0.15, 0.2) is 0 Å². The highest BCUT2D eigenvalue weighted by Crippen LogP contribution is 2.31. The van der Waals surface area contributed by atoms with Crippen LogP contribution in [0.1, 0.15) is 40.9 Å². The minimum absolute atomic E-state index is 0.107. The van der Waals surface area contributed by atoms with Gasteiger partial charge in [-0.1, -0.05) is 6.07 Å². The first-order valence-corrected chi connectivity index (χ1v) is 13.9. The van der Waals surface area contributed by atoms with Crippen LogP contribution < -0.4 is 14.9 Å². The maximum atomic E-state index is 13.4. The van der Waals surface area contributed by atoms with Gasteiger partial charge in [-0.05, 0) is 75.6 Å². The van der Waals surface area contributed by atoms with E-state index in [-0.39, 0.29) is 10.8 Å². The molecule has 0 radical (unpaired) electrons. The minimum Gasteiger partial charge on any atom is -0.475 e. The van der Waals surface area contributed by atoms with E-state index >= 15 is 0 Å². The Labute approximate surface area is 227 Å². The summed E-state index contributed by atoms with van der Waals surface area (Å²) in [6.07, 6.45) is -5.08. The molecule has 216 valence electrons. The van der Waals surface area contributed by atoms with Gasteiger partial charge in [0.1, 0.15) is 0 Å². The number of sulfonamides is 1. The number of carboxylic acids is 1. The lowest BCUT2D eigenvalue weighted by Gasteiger charge is -2.31. The lowest BCUT2D eigenvalue weighted by atomic mass is 10.1. The second kappa shape index (κ2) is 13.2. The lowest BCUT2D eigenvalue weighted by Crippen LogP contribution is -2.43. The van der Waals surface area contributed by atoms with Gasteiger partial charge in [-0.25, -0.2) is 13.2 Å². The largest absolute Gasteiger partial charge is 0.490 e. The van der Waals surface area contributed by atoms with E-state index in [1.807, 2.05) is 39.8 Å². The van der Waals surface area contributed by atoms with E-state index < -0.39 is 22.2 Å². The van der Waals surface area contributed by atoms with E-state index in [1.165, 1.54) is 0 Å². The summed E-state index contributed by atoms with van der Waals surface area (Å²) in [6.45, 7) is 13.9. The quantitative estimate of drug-likeness (QED) is 0.460.